The van der Waals surface area contributed by atoms with Gasteiger partial charge in [-0.15, -0.1) is 0 Å². The Hall–Kier alpha value is -1.90. The molecule has 0 fully saturated rings. The predicted octanol–water partition coefficient (Wildman–Crippen LogP) is 3.32. The van der Waals surface area contributed by atoms with Crippen molar-refractivity contribution in [3.05, 3.63) is 77.4 Å². The van der Waals surface area contributed by atoms with Crippen molar-refractivity contribution in [3.8, 4) is 0 Å². The van der Waals surface area contributed by atoms with Gasteiger partial charge in [0.1, 0.15) is 0 Å². The highest BCUT2D eigenvalue weighted by atomic mass is 16.5. The first-order valence-corrected chi connectivity index (χ1v) is 6.07. The Labute approximate surface area is 107 Å². The lowest BCUT2D eigenvalue weighted by atomic mass is 9.95. The van der Waals surface area contributed by atoms with E-state index >= 15 is 0 Å². The highest BCUT2D eigenvalue weighted by molar-refractivity contribution is 5.82. The van der Waals surface area contributed by atoms with E-state index in [2.05, 4.69) is 30.3 Å². The minimum atomic E-state index is -0.0819. The van der Waals surface area contributed by atoms with Crippen LogP contribution in [0.15, 0.2) is 55.1 Å². The third-order valence-electron chi connectivity index (χ3n) is 3.58. The third kappa shape index (κ3) is 1.67. The number of nitrogens with one attached hydrogen (secondary N) is 1. The van der Waals surface area contributed by atoms with Crippen molar-refractivity contribution < 1.29 is 5.21 Å². The Morgan fingerprint density at radius 3 is 2.44 bits per heavy atom. The van der Waals surface area contributed by atoms with Gasteiger partial charge in [-0.1, -0.05) is 55.1 Å². The van der Waals surface area contributed by atoms with E-state index in [-0.39, 0.29) is 6.04 Å². The fourth-order valence-electron chi connectivity index (χ4n) is 2.66. The van der Waals surface area contributed by atoms with Crippen LogP contribution in [-0.2, 0) is 6.42 Å². The van der Waals surface area contributed by atoms with Gasteiger partial charge in [0.15, 0.2) is 0 Å². The first-order valence-electron chi connectivity index (χ1n) is 6.07. The molecule has 1 unspecified atom stereocenters. The molecule has 18 heavy (non-hydrogen) atoms. The van der Waals surface area contributed by atoms with Crippen molar-refractivity contribution in [2.75, 3.05) is 0 Å². The van der Waals surface area contributed by atoms with Crippen LogP contribution in [0, 0.1) is 0 Å². The summed E-state index contributed by atoms with van der Waals surface area (Å²) in [6.07, 6.45) is 0.767. The largest absolute Gasteiger partial charge is 0.316 e. The second kappa shape index (κ2) is 4.41. The van der Waals surface area contributed by atoms with Gasteiger partial charge in [-0.05, 0) is 34.2 Å². The van der Waals surface area contributed by atoms with Crippen LogP contribution in [0.25, 0.3) is 5.57 Å². The molecule has 0 bridgehead atoms. The topological polar surface area (TPSA) is 32.3 Å². The second-order valence-electron chi connectivity index (χ2n) is 4.61. The van der Waals surface area contributed by atoms with Crippen LogP contribution < -0.4 is 5.48 Å². The summed E-state index contributed by atoms with van der Waals surface area (Å²) in [6.45, 7) is 4.22. The van der Waals surface area contributed by atoms with E-state index in [0.717, 1.165) is 23.1 Å². The van der Waals surface area contributed by atoms with Gasteiger partial charge in [-0.25, -0.2) is 0 Å². The van der Waals surface area contributed by atoms with Crippen molar-refractivity contribution in [2.24, 2.45) is 0 Å². The maximum Gasteiger partial charge on any atom is 0.0615 e. The van der Waals surface area contributed by atoms with Gasteiger partial charge in [-0.2, -0.15) is 5.48 Å². The first-order chi connectivity index (χ1) is 8.81. The smallest absolute Gasteiger partial charge is 0.0615 e. The van der Waals surface area contributed by atoms with Crippen molar-refractivity contribution in [1.82, 2.24) is 5.48 Å². The summed E-state index contributed by atoms with van der Waals surface area (Å²) in [5.74, 6) is 0. The van der Waals surface area contributed by atoms with Gasteiger partial charge >= 0.3 is 0 Å². The summed E-state index contributed by atoms with van der Waals surface area (Å²) in [6, 6.07) is 16.3. The quantitative estimate of drug-likeness (QED) is 0.746. The van der Waals surface area contributed by atoms with Gasteiger partial charge in [0.25, 0.3) is 0 Å². The molecule has 0 aromatic heterocycles. The number of fused-ring (bicyclic) bond motifs is 2. The van der Waals surface area contributed by atoms with Crippen LogP contribution in [0.5, 0.6) is 0 Å². The number of hydroxylamine groups is 1. The second-order valence-corrected chi connectivity index (χ2v) is 4.61. The van der Waals surface area contributed by atoms with E-state index in [0.29, 0.717) is 0 Å². The zero-order valence-corrected chi connectivity index (χ0v) is 10.1. The highest BCUT2D eigenvalue weighted by Gasteiger charge is 2.22. The average molecular weight is 237 g/mol. The SMILES string of the molecule is C=C1c2ccccc2CC(NO)c2ccccc21. The fraction of sp³-hybridized carbons (Fsp3) is 0.125. The molecule has 0 radical (unpaired) electrons. The van der Waals surface area contributed by atoms with Crippen molar-refractivity contribution in [3.63, 3.8) is 0 Å². The van der Waals surface area contributed by atoms with Crippen molar-refractivity contribution in [1.29, 1.82) is 0 Å². The summed E-state index contributed by atoms with van der Waals surface area (Å²) < 4.78 is 0. The summed E-state index contributed by atoms with van der Waals surface area (Å²) >= 11 is 0. The molecule has 0 amide bonds. The van der Waals surface area contributed by atoms with E-state index in [1.807, 2.05) is 30.3 Å². The van der Waals surface area contributed by atoms with Crippen molar-refractivity contribution in [2.45, 2.75) is 12.5 Å². The molecule has 0 saturated heterocycles. The number of rotatable bonds is 1. The Balaban J connectivity index is 2.24. The van der Waals surface area contributed by atoms with Gasteiger partial charge in [-0.3, -0.25) is 0 Å². The molecule has 0 aliphatic heterocycles. The Bertz CT molecular complexity index is 604. The van der Waals surface area contributed by atoms with Gasteiger partial charge in [0.2, 0.25) is 0 Å². The van der Waals surface area contributed by atoms with E-state index in [9.17, 15) is 5.21 Å². The zero-order chi connectivity index (χ0) is 12.5. The molecule has 2 aromatic rings. The van der Waals surface area contributed by atoms with E-state index in [1.54, 1.807) is 0 Å². The molecule has 2 heteroatoms. The van der Waals surface area contributed by atoms with Crippen LogP contribution in [0.4, 0.5) is 0 Å². The van der Waals surface area contributed by atoms with E-state index in [1.165, 1.54) is 11.1 Å². The molecule has 1 aliphatic rings. The lowest BCUT2D eigenvalue weighted by Gasteiger charge is -2.15. The minimum absolute atomic E-state index is 0.0819. The number of hydrogen-bond donors (Lipinski definition) is 2. The first kappa shape index (κ1) is 11.2. The molecule has 1 aliphatic carbocycles. The monoisotopic (exact) mass is 237 g/mol. The lowest BCUT2D eigenvalue weighted by molar-refractivity contribution is 0.126. The van der Waals surface area contributed by atoms with Crippen LogP contribution in [0.1, 0.15) is 28.3 Å². The van der Waals surface area contributed by atoms with Crippen molar-refractivity contribution >= 4 is 5.57 Å². The number of benzene rings is 2. The standard InChI is InChI=1S/C16H15NO/c1-11-13-7-3-2-6-12(13)10-16(17-18)15-9-5-4-8-14(11)15/h2-9,16-18H,1,10H2. The normalized spacial score (nSPS) is 17.8. The van der Waals surface area contributed by atoms with E-state index < -0.39 is 0 Å². The van der Waals surface area contributed by atoms with Crippen LogP contribution in [0.3, 0.4) is 0 Å². The molecule has 2 nitrogen and oxygen atoms in total. The van der Waals surface area contributed by atoms with Gasteiger partial charge < -0.3 is 5.21 Å². The Morgan fingerprint density at radius 1 is 1.00 bits per heavy atom. The summed E-state index contributed by atoms with van der Waals surface area (Å²) in [4.78, 5) is 0. The van der Waals surface area contributed by atoms with Gasteiger partial charge in [0, 0.05) is 0 Å². The molecule has 0 saturated carbocycles. The summed E-state index contributed by atoms with van der Waals surface area (Å²) in [7, 11) is 0. The molecule has 3 rings (SSSR count). The Morgan fingerprint density at radius 2 is 1.67 bits per heavy atom. The maximum atomic E-state index is 9.39. The van der Waals surface area contributed by atoms with Crippen LogP contribution in [0.2, 0.25) is 0 Å². The predicted molar refractivity (Wildman–Crippen MR) is 72.4 cm³/mol. The molecule has 90 valence electrons. The summed E-state index contributed by atoms with van der Waals surface area (Å²) in [5.41, 5.74) is 8.03. The third-order valence-corrected chi connectivity index (χ3v) is 3.58. The average Bonchev–Trinajstić information content (AvgIpc) is 2.55. The molecule has 0 spiro atoms. The molecular formula is C16H15NO. The van der Waals surface area contributed by atoms with E-state index in [4.69, 9.17) is 0 Å². The maximum absolute atomic E-state index is 9.39. The Kier molecular flexibility index (Phi) is 2.74. The fourth-order valence-corrected chi connectivity index (χ4v) is 2.66. The van der Waals surface area contributed by atoms with Crippen LogP contribution >= 0.6 is 0 Å². The molecular weight excluding hydrogens is 222 g/mol. The molecule has 2 aromatic carbocycles. The zero-order valence-electron chi connectivity index (χ0n) is 10.1. The highest BCUT2D eigenvalue weighted by Crippen LogP contribution is 2.36. The minimum Gasteiger partial charge on any atom is -0.316 e. The van der Waals surface area contributed by atoms with Crippen LogP contribution in [-0.4, -0.2) is 5.21 Å². The number of hydrogen-bond acceptors (Lipinski definition) is 2. The molecule has 2 N–H and O–H groups in total. The molecule has 1 atom stereocenters. The summed E-state index contributed by atoms with van der Waals surface area (Å²) in [5, 5.41) is 9.39. The molecule has 0 heterocycles. The lowest BCUT2D eigenvalue weighted by Crippen LogP contribution is -2.19. The van der Waals surface area contributed by atoms with Gasteiger partial charge in [0.05, 0.1) is 6.04 Å².